The molecule has 30 heavy (non-hydrogen) atoms. The van der Waals surface area contributed by atoms with Crippen LogP contribution in [0.15, 0.2) is 42.5 Å². The van der Waals surface area contributed by atoms with Crippen molar-refractivity contribution in [3.63, 3.8) is 0 Å². The second-order valence-electron chi connectivity index (χ2n) is 6.19. The summed E-state index contributed by atoms with van der Waals surface area (Å²) in [6.07, 6.45) is 1.49. The van der Waals surface area contributed by atoms with Crippen LogP contribution in [0, 0.1) is 10.1 Å². The Labute approximate surface area is 176 Å². The molecule has 0 unspecified atom stereocenters. The number of nitro benzene ring substituents is 1. The molecule has 0 fully saturated rings. The molecule has 1 amide bonds. The Morgan fingerprint density at radius 2 is 1.90 bits per heavy atom. The maximum Gasteiger partial charge on any atom is 0.282 e. The number of carbonyl (C=O) groups is 1. The minimum atomic E-state index is -0.657. The van der Waals surface area contributed by atoms with Crippen LogP contribution < -0.4 is 14.8 Å². The molecular weight excluding hydrogens is 408 g/mol. The van der Waals surface area contributed by atoms with Crippen molar-refractivity contribution in [2.45, 2.75) is 19.8 Å². The molecule has 3 aromatic rings. The molecule has 0 aliphatic carbocycles. The van der Waals surface area contributed by atoms with Crippen molar-refractivity contribution in [2.75, 3.05) is 19.0 Å². The first-order valence-electron chi connectivity index (χ1n) is 9.18. The van der Waals surface area contributed by atoms with E-state index in [2.05, 4.69) is 22.4 Å². The molecule has 0 spiro atoms. The van der Waals surface area contributed by atoms with E-state index in [4.69, 9.17) is 9.47 Å². The molecule has 0 atom stereocenters. The van der Waals surface area contributed by atoms with Gasteiger partial charge in [0, 0.05) is 12.5 Å². The molecule has 0 aliphatic rings. The van der Waals surface area contributed by atoms with Gasteiger partial charge in [0.15, 0.2) is 0 Å². The van der Waals surface area contributed by atoms with Gasteiger partial charge in [-0.25, -0.2) is 0 Å². The Balaban J connectivity index is 1.59. The highest BCUT2D eigenvalue weighted by Gasteiger charge is 2.22. The van der Waals surface area contributed by atoms with Crippen LogP contribution in [0.25, 0.3) is 0 Å². The number of nitrogens with one attached hydrogen (secondary N) is 1. The number of nitro groups is 1. The van der Waals surface area contributed by atoms with Crippen LogP contribution in [0.2, 0.25) is 0 Å². The number of nitrogens with zero attached hydrogens (tertiary/aromatic N) is 3. The van der Waals surface area contributed by atoms with Crippen molar-refractivity contribution in [2.24, 2.45) is 0 Å². The van der Waals surface area contributed by atoms with Crippen molar-refractivity contribution in [3.8, 4) is 11.5 Å². The number of benzene rings is 2. The maximum absolute atomic E-state index is 12.5. The first kappa shape index (κ1) is 21.2. The van der Waals surface area contributed by atoms with Gasteiger partial charge in [-0.05, 0) is 36.2 Å². The fourth-order valence-electron chi connectivity index (χ4n) is 2.63. The van der Waals surface area contributed by atoms with E-state index in [1.807, 2.05) is 24.3 Å². The molecule has 0 saturated carbocycles. The summed E-state index contributed by atoms with van der Waals surface area (Å²) in [4.78, 5) is 23.1. The average Bonchev–Trinajstić information content (AvgIpc) is 3.20. The summed E-state index contributed by atoms with van der Waals surface area (Å²) in [7, 11) is 1.42. The van der Waals surface area contributed by atoms with Gasteiger partial charge < -0.3 is 9.47 Å². The number of carbonyl (C=O) groups excluding carboxylic acids is 1. The van der Waals surface area contributed by atoms with Crippen LogP contribution in [0.1, 0.15) is 27.9 Å². The summed E-state index contributed by atoms with van der Waals surface area (Å²) in [6, 6.07) is 11.8. The lowest BCUT2D eigenvalue weighted by molar-refractivity contribution is -0.385. The van der Waals surface area contributed by atoms with Gasteiger partial charge in [0.1, 0.15) is 22.1 Å². The zero-order valence-corrected chi connectivity index (χ0v) is 17.3. The van der Waals surface area contributed by atoms with Crippen LogP contribution >= 0.6 is 11.3 Å². The standard InChI is InChI=1S/C20H20N4O5S/c1-3-13-4-6-14(7-5-13)29-11-10-18-22-23-20(30-18)21-19(25)16-12-15(28-2)8-9-17(16)24(26)27/h4-9,12H,3,10-11H2,1-2H3,(H,21,23,25). The first-order chi connectivity index (χ1) is 14.5. The number of rotatable bonds is 9. The predicted molar refractivity (Wildman–Crippen MR) is 113 cm³/mol. The summed E-state index contributed by atoms with van der Waals surface area (Å²) in [6.45, 7) is 2.50. The molecule has 9 nitrogen and oxygen atoms in total. The van der Waals surface area contributed by atoms with Gasteiger partial charge in [-0.1, -0.05) is 30.4 Å². The smallest absolute Gasteiger partial charge is 0.282 e. The Kier molecular flexibility index (Phi) is 6.91. The van der Waals surface area contributed by atoms with E-state index >= 15 is 0 Å². The SMILES string of the molecule is CCc1ccc(OCCc2nnc(NC(=O)c3cc(OC)ccc3[N+](=O)[O-])s2)cc1. The Bertz CT molecular complexity index is 1040. The Hall–Kier alpha value is -3.53. The number of aryl methyl sites for hydroxylation is 1. The fourth-order valence-corrected chi connectivity index (χ4v) is 3.35. The van der Waals surface area contributed by atoms with E-state index in [0.717, 1.165) is 12.2 Å². The van der Waals surface area contributed by atoms with E-state index in [9.17, 15) is 14.9 Å². The molecule has 1 aromatic heterocycles. The summed E-state index contributed by atoms with van der Waals surface area (Å²) >= 11 is 1.19. The molecule has 0 saturated heterocycles. The molecule has 0 aliphatic heterocycles. The zero-order chi connectivity index (χ0) is 21.5. The first-order valence-corrected chi connectivity index (χ1v) is 9.99. The largest absolute Gasteiger partial charge is 0.497 e. The van der Waals surface area contributed by atoms with E-state index in [0.29, 0.717) is 23.8 Å². The lowest BCUT2D eigenvalue weighted by Crippen LogP contribution is -2.14. The second kappa shape index (κ2) is 9.79. The van der Waals surface area contributed by atoms with E-state index in [1.54, 1.807) is 0 Å². The number of hydrogen-bond donors (Lipinski definition) is 1. The molecular formula is C20H20N4O5S. The molecule has 0 radical (unpaired) electrons. The molecule has 3 rings (SSSR count). The predicted octanol–water partition coefficient (Wildman–Crippen LogP) is 3.89. The minimum absolute atomic E-state index is 0.116. The van der Waals surface area contributed by atoms with Crippen LogP contribution in [0.4, 0.5) is 10.8 Å². The molecule has 1 N–H and O–H groups in total. The van der Waals surface area contributed by atoms with Gasteiger partial charge in [0.2, 0.25) is 5.13 Å². The van der Waals surface area contributed by atoms with Crippen LogP contribution in [-0.2, 0) is 12.8 Å². The Morgan fingerprint density at radius 3 is 2.57 bits per heavy atom. The maximum atomic E-state index is 12.5. The number of anilines is 1. The van der Waals surface area contributed by atoms with Crippen LogP contribution in [0.3, 0.4) is 0 Å². The van der Waals surface area contributed by atoms with Crippen LogP contribution in [-0.4, -0.2) is 34.7 Å². The molecule has 156 valence electrons. The van der Waals surface area contributed by atoms with Gasteiger partial charge in [0.05, 0.1) is 18.6 Å². The van der Waals surface area contributed by atoms with Gasteiger partial charge in [-0.2, -0.15) is 0 Å². The third kappa shape index (κ3) is 5.29. The van der Waals surface area contributed by atoms with Gasteiger partial charge in [-0.15, -0.1) is 10.2 Å². The molecule has 10 heteroatoms. The van der Waals surface area contributed by atoms with Gasteiger partial charge in [0.25, 0.3) is 11.6 Å². The topological polar surface area (TPSA) is 116 Å². The molecule has 2 aromatic carbocycles. The van der Waals surface area contributed by atoms with Crippen molar-refractivity contribution < 1.29 is 19.2 Å². The lowest BCUT2D eigenvalue weighted by Gasteiger charge is -2.05. The number of aromatic nitrogens is 2. The van der Waals surface area contributed by atoms with Crippen molar-refractivity contribution in [3.05, 3.63) is 68.7 Å². The average molecular weight is 428 g/mol. The summed E-state index contributed by atoms with van der Waals surface area (Å²) < 4.78 is 10.7. The molecule has 0 bridgehead atoms. The minimum Gasteiger partial charge on any atom is -0.497 e. The van der Waals surface area contributed by atoms with Crippen molar-refractivity contribution in [1.82, 2.24) is 10.2 Å². The van der Waals surface area contributed by atoms with E-state index in [1.165, 1.54) is 42.2 Å². The third-order valence-electron chi connectivity index (χ3n) is 4.25. The highest BCUT2D eigenvalue weighted by Crippen LogP contribution is 2.26. The quantitative estimate of drug-likeness (QED) is 0.406. The number of hydrogen-bond acceptors (Lipinski definition) is 8. The van der Waals surface area contributed by atoms with Gasteiger partial charge in [-0.3, -0.25) is 20.2 Å². The highest BCUT2D eigenvalue weighted by atomic mass is 32.1. The lowest BCUT2D eigenvalue weighted by atomic mass is 10.1. The monoisotopic (exact) mass is 428 g/mol. The van der Waals surface area contributed by atoms with Crippen molar-refractivity contribution in [1.29, 1.82) is 0 Å². The summed E-state index contributed by atoms with van der Waals surface area (Å²) in [5.41, 5.74) is 0.804. The number of amides is 1. The van der Waals surface area contributed by atoms with Crippen molar-refractivity contribution >= 4 is 28.1 Å². The highest BCUT2D eigenvalue weighted by molar-refractivity contribution is 7.15. The third-order valence-corrected chi connectivity index (χ3v) is 5.15. The number of methoxy groups -OCH3 is 1. The number of ether oxygens (including phenoxy) is 2. The Morgan fingerprint density at radius 1 is 1.17 bits per heavy atom. The normalized spacial score (nSPS) is 10.5. The van der Waals surface area contributed by atoms with E-state index in [-0.39, 0.29) is 16.4 Å². The van der Waals surface area contributed by atoms with E-state index < -0.39 is 10.8 Å². The molecule has 1 heterocycles. The zero-order valence-electron chi connectivity index (χ0n) is 16.5. The summed E-state index contributed by atoms with van der Waals surface area (Å²) in [5, 5.41) is 22.6. The second-order valence-corrected chi connectivity index (χ2v) is 7.25. The fraction of sp³-hybridized carbons (Fsp3) is 0.250. The summed E-state index contributed by atoms with van der Waals surface area (Å²) in [5.74, 6) is 0.457. The van der Waals surface area contributed by atoms with Crippen LogP contribution in [0.5, 0.6) is 11.5 Å². The van der Waals surface area contributed by atoms with Gasteiger partial charge >= 0.3 is 0 Å².